The molecule has 0 unspecified atom stereocenters. The van der Waals surface area contributed by atoms with E-state index in [1.165, 1.54) is 18.3 Å². The highest BCUT2D eigenvalue weighted by molar-refractivity contribution is 7.13. The lowest BCUT2D eigenvalue weighted by Gasteiger charge is -1.91. The lowest BCUT2D eigenvalue weighted by Crippen LogP contribution is -1.94. The number of oxazole rings is 1. The van der Waals surface area contributed by atoms with Gasteiger partial charge in [0.05, 0.1) is 4.88 Å². The molecule has 2 heterocycles. The Labute approximate surface area is 84.4 Å². The highest BCUT2D eigenvalue weighted by Gasteiger charge is 2.17. The Kier molecular flexibility index (Phi) is 2.09. The van der Waals surface area contributed by atoms with Gasteiger partial charge in [-0.3, -0.25) is 4.79 Å². The zero-order valence-electron chi connectivity index (χ0n) is 7.48. The van der Waals surface area contributed by atoms with Crippen LogP contribution in [0, 0.1) is 0 Å². The molecular formula is C9H8N2O2S. The van der Waals surface area contributed by atoms with E-state index in [-0.39, 0.29) is 11.8 Å². The van der Waals surface area contributed by atoms with Gasteiger partial charge >= 0.3 is 0 Å². The number of thiophene rings is 1. The molecule has 0 bridgehead atoms. The molecule has 5 heteroatoms. The standard InChI is InChI=1S/C9H8N2O2S/c1-5(12)7-8(13-9(10)11-7)6-3-2-4-14-6/h2-4H,1H3,(H2,10,11). The molecule has 0 aliphatic carbocycles. The number of carbonyl (C=O) groups is 1. The molecule has 14 heavy (non-hydrogen) atoms. The van der Waals surface area contributed by atoms with Crippen molar-refractivity contribution in [2.24, 2.45) is 0 Å². The van der Waals surface area contributed by atoms with Gasteiger partial charge in [0.1, 0.15) is 0 Å². The molecule has 0 aromatic carbocycles. The summed E-state index contributed by atoms with van der Waals surface area (Å²) in [5, 5.41) is 1.90. The number of nitrogens with zero attached hydrogens (tertiary/aromatic N) is 1. The first-order valence-corrected chi connectivity index (χ1v) is 4.87. The normalized spacial score (nSPS) is 10.4. The highest BCUT2D eigenvalue weighted by Crippen LogP contribution is 2.29. The van der Waals surface area contributed by atoms with Crippen LogP contribution in [0.5, 0.6) is 0 Å². The second-order valence-corrected chi connectivity index (χ2v) is 3.71. The van der Waals surface area contributed by atoms with E-state index in [0.717, 1.165) is 4.88 Å². The molecule has 2 rings (SSSR count). The van der Waals surface area contributed by atoms with E-state index >= 15 is 0 Å². The molecule has 0 aliphatic heterocycles. The largest absolute Gasteiger partial charge is 0.422 e. The fourth-order valence-electron chi connectivity index (χ4n) is 1.15. The third kappa shape index (κ3) is 1.42. The summed E-state index contributed by atoms with van der Waals surface area (Å²) >= 11 is 1.48. The van der Waals surface area contributed by atoms with Gasteiger partial charge in [-0.2, -0.15) is 4.98 Å². The van der Waals surface area contributed by atoms with Gasteiger partial charge in [0, 0.05) is 6.92 Å². The number of hydrogen-bond acceptors (Lipinski definition) is 5. The van der Waals surface area contributed by atoms with Gasteiger partial charge in [-0.05, 0) is 11.4 Å². The quantitative estimate of drug-likeness (QED) is 0.768. The number of aromatic nitrogens is 1. The maximum Gasteiger partial charge on any atom is 0.293 e. The Balaban J connectivity index is 2.58. The number of hydrogen-bond donors (Lipinski definition) is 1. The number of ketones is 1. The van der Waals surface area contributed by atoms with Crippen molar-refractivity contribution in [2.75, 3.05) is 5.73 Å². The van der Waals surface area contributed by atoms with Crippen molar-refractivity contribution in [1.82, 2.24) is 4.98 Å². The number of anilines is 1. The van der Waals surface area contributed by atoms with E-state index in [1.807, 2.05) is 17.5 Å². The lowest BCUT2D eigenvalue weighted by atomic mass is 10.2. The minimum atomic E-state index is -0.145. The fraction of sp³-hybridized carbons (Fsp3) is 0.111. The van der Waals surface area contributed by atoms with Crippen molar-refractivity contribution in [3.63, 3.8) is 0 Å². The molecule has 0 fully saturated rings. The smallest absolute Gasteiger partial charge is 0.293 e. The summed E-state index contributed by atoms with van der Waals surface area (Å²) in [5.41, 5.74) is 5.69. The van der Waals surface area contributed by atoms with Crippen LogP contribution in [0.3, 0.4) is 0 Å². The first-order chi connectivity index (χ1) is 6.68. The Morgan fingerprint density at radius 2 is 2.43 bits per heavy atom. The van der Waals surface area contributed by atoms with Gasteiger partial charge in [-0.1, -0.05) is 6.07 Å². The Bertz CT molecular complexity index is 459. The van der Waals surface area contributed by atoms with Crippen molar-refractivity contribution in [1.29, 1.82) is 0 Å². The number of nitrogen functional groups attached to an aromatic ring is 1. The van der Waals surface area contributed by atoms with Crippen LogP contribution in [0.1, 0.15) is 17.4 Å². The van der Waals surface area contributed by atoms with Crippen LogP contribution in [-0.4, -0.2) is 10.8 Å². The van der Waals surface area contributed by atoms with Gasteiger partial charge < -0.3 is 10.2 Å². The molecule has 0 atom stereocenters. The summed E-state index contributed by atoms with van der Waals surface area (Å²) in [5.74, 6) is 0.318. The Morgan fingerprint density at radius 1 is 1.64 bits per heavy atom. The van der Waals surface area contributed by atoms with Gasteiger partial charge in [-0.15, -0.1) is 11.3 Å². The first kappa shape index (κ1) is 8.96. The third-order valence-electron chi connectivity index (χ3n) is 1.72. The number of carbonyl (C=O) groups excluding carboxylic acids is 1. The van der Waals surface area contributed by atoms with Crippen LogP contribution < -0.4 is 5.73 Å². The van der Waals surface area contributed by atoms with Crippen molar-refractivity contribution in [3.8, 4) is 10.6 Å². The van der Waals surface area contributed by atoms with E-state index in [4.69, 9.17) is 10.2 Å². The molecule has 0 radical (unpaired) electrons. The maximum atomic E-state index is 11.2. The van der Waals surface area contributed by atoms with Gasteiger partial charge in [0.15, 0.2) is 17.2 Å². The minimum Gasteiger partial charge on any atom is -0.422 e. The van der Waals surface area contributed by atoms with Gasteiger partial charge in [-0.25, -0.2) is 0 Å². The molecule has 0 saturated heterocycles. The number of Topliss-reactive ketones (excluding diaryl/α,β-unsaturated/α-hetero) is 1. The topological polar surface area (TPSA) is 69.1 Å². The van der Waals surface area contributed by atoms with E-state index in [9.17, 15) is 4.79 Å². The van der Waals surface area contributed by atoms with Crippen LogP contribution >= 0.6 is 11.3 Å². The zero-order chi connectivity index (χ0) is 10.1. The van der Waals surface area contributed by atoms with Crippen LogP contribution in [0.4, 0.5) is 6.01 Å². The summed E-state index contributed by atoms with van der Waals surface area (Å²) in [6.45, 7) is 1.44. The average Bonchev–Trinajstić information content (AvgIpc) is 2.70. The van der Waals surface area contributed by atoms with Crippen LogP contribution in [0.2, 0.25) is 0 Å². The third-order valence-corrected chi connectivity index (χ3v) is 2.59. The Hall–Kier alpha value is -1.62. The molecule has 0 amide bonds. The van der Waals surface area contributed by atoms with E-state index in [2.05, 4.69) is 4.98 Å². The maximum absolute atomic E-state index is 11.2. The van der Waals surface area contributed by atoms with Crippen LogP contribution in [0.15, 0.2) is 21.9 Å². The van der Waals surface area contributed by atoms with Gasteiger partial charge in [0.25, 0.3) is 6.01 Å². The second kappa shape index (κ2) is 3.26. The Morgan fingerprint density at radius 3 is 3.00 bits per heavy atom. The van der Waals surface area contributed by atoms with E-state index in [1.54, 1.807) is 0 Å². The molecule has 0 spiro atoms. The monoisotopic (exact) mass is 208 g/mol. The van der Waals surface area contributed by atoms with E-state index in [0.29, 0.717) is 11.5 Å². The SMILES string of the molecule is CC(=O)c1nc(N)oc1-c1cccs1. The molecule has 2 aromatic rings. The van der Waals surface area contributed by atoms with Crippen molar-refractivity contribution >= 4 is 23.1 Å². The molecule has 2 N–H and O–H groups in total. The molecule has 2 aromatic heterocycles. The summed E-state index contributed by atoms with van der Waals surface area (Å²) < 4.78 is 5.18. The van der Waals surface area contributed by atoms with Crippen LogP contribution in [-0.2, 0) is 0 Å². The predicted molar refractivity (Wildman–Crippen MR) is 54.2 cm³/mol. The number of rotatable bonds is 2. The first-order valence-electron chi connectivity index (χ1n) is 3.99. The minimum absolute atomic E-state index is 0.0265. The van der Waals surface area contributed by atoms with Gasteiger partial charge in [0.2, 0.25) is 0 Å². The summed E-state index contributed by atoms with van der Waals surface area (Å²) in [7, 11) is 0. The van der Waals surface area contributed by atoms with Crippen molar-refractivity contribution in [3.05, 3.63) is 23.2 Å². The second-order valence-electron chi connectivity index (χ2n) is 2.76. The van der Waals surface area contributed by atoms with Crippen molar-refractivity contribution in [2.45, 2.75) is 6.92 Å². The number of nitrogens with two attached hydrogens (primary N) is 1. The molecule has 4 nitrogen and oxygen atoms in total. The predicted octanol–water partition coefficient (Wildman–Crippen LogP) is 2.19. The fourth-order valence-corrected chi connectivity index (χ4v) is 1.86. The van der Waals surface area contributed by atoms with Crippen molar-refractivity contribution < 1.29 is 9.21 Å². The zero-order valence-corrected chi connectivity index (χ0v) is 8.30. The highest BCUT2D eigenvalue weighted by atomic mass is 32.1. The lowest BCUT2D eigenvalue weighted by molar-refractivity contribution is 0.101. The molecule has 0 aliphatic rings. The molecule has 72 valence electrons. The summed E-state index contributed by atoms with van der Waals surface area (Å²) in [4.78, 5) is 15.9. The molecule has 0 saturated carbocycles. The summed E-state index contributed by atoms with van der Waals surface area (Å²) in [6, 6.07) is 3.76. The molecular weight excluding hydrogens is 200 g/mol. The van der Waals surface area contributed by atoms with E-state index < -0.39 is 0 Å². The summed E-state index contributed by atoms with van der Waals surface area (Å²) in [6.07, 6.45) is 0. The average molecular weight is 208 g/mol. The van der Waals surface area contributed by atoms with Crippen LogP contribution in [0.25, 0.3) is 10.6 Å².